The SMILES string of the molecule is C[C@H](NC(=O)[C@H]1C[C@@H](c2ccncc2)CN1OC(=O)C(F)F)C(=O)NCc1ccc(C(=N)N)cc1. The van der Waals surface area contributed by atoms with Gasteiger partial charge in [0.05, 0.1) is 0 Å². The van der Waals surface area contributed by atoms with Crippen LogP contribution in [0.3, 0.4) is 0 Å². The van der Waals surface area contributed by atoms with Gasteiger partial charge in [-0.1, -0.05) is 24.3 Å². The number of alkyl halides is 2. The van der Waals surface area contributed by atoms with Gasteiger partial charge in [-0.25, -0.2) is 4.79 Å². The summed E-state index contributed by atoms with van der Waals surface area (Å²) in [5, 5.41) is 13.6. The molecule has 2 heterocycles. The predicted octanol–water partition coefficient (Wildman–Crippen LogP) is 1.07. The molecule has 3 atom stereocenters. The number of hydrogen-bond donors (Lipinski definition) is 4. The van der Waals surface area contributed by atoms with Gasteiger partial charge in [-0.15, -0.1) is 5.06 Å². The molecule has 0 spiro atoms. The number of hydroxylamine groups is 2. The van der Waals surface area contributed by atoms with Crippen molar-refractivity contribution in [1.82, 2.24) is 20.7 Å². The second-order valence-corrected chi connectivity index (χ2v) is 8.10. The molecule has 35 heavy (non-hydrogen) atoms. The van der Waals surface area contributed by atoms with Crippen molar-refractivity contribution in [1.29, 1.82) is 5.41 Å². The van der Waals surface area contributed by atoms with Crippen LogP contribution in [0.1, 0.15) is 36.0 Å². The van der Waals surface area contributed by atoms with Crippen molar-refractivity contribution in [2.24, 2.45) is 5.73 Å². The average molecular weight is 488 g/mol. The van der Waals surface area contributed by atoms with Crippen molar-refractivity contribution < 1.29 is 28.0 Å². The number of halogens is 2. The molecular weight excluding hydrogens is 462 g/mol. The molecule has 1 aliphatic rings. The Morgan fingerprint density at radius 1 is 1.20 bits per heavy atom. The zero-order valence-electron chi connectivity index (χ0n) is 18.9. The first-order chi connectivity index (χ1) is 16.7. The molecule has 2 aromatic rings. The lowest BCUT2D eigenvalue weighted by Gasteiger charge is -2.23. The highest BCUT2D eigenvalue weighted by Crippen LogP contribution is 2.32. The minimum absolute atomic E-state index is 0.0391. The number of pyridine rings is 1. The van der Waals surface area contributed by atoms with E-state index in [9.17, 15) is 23.2 Å². The smallest absolute Gasteiger partial charge is 0.384 e. The van der Waals surface area contributed by atoms with Crippen LogP contribution in [-0.4, -0.2) is 58.7 Å². The molecule has 186 valence electrons. The van der Waals surface area contributed by atoms with Gasteiger partial charge in [0.2, 0.25) is 11.8 Å². The summed E-state index contributed by atoms with van der Waals surface area (Å²) in [5.74, 6) is -3.17. The monoisotopic (exact) mass is 488 g/mol. The Hall–Kier alpha value is -3.93. The number of nitrogens with two attached hydrogens (primary N) is 1. The third-order valence-electron chi connectivity index (χ3n) is 5.61. The summed E-state index contributed by atoms with van der Waals surface area (Å²) in [6.07, 6.45) is -0.00676. The van der Waals surface area contributed by atoms with E-state index in [2.05, 4.69) is 15.6 Å². The van der Waals surface area contributed by atoms with Crippen molar-refractivity contribution >= 4 is 23.6 Å². The van der Waals surface area contributed by atoms with E-state index in [1.54, 1.807) is 48.8 Å². The molecule has 5 N–H and O–H groups in total. The summed E-state index contributed by atoms with van der Waals surface area (Å²) in [4.78, 5) is 45.6. The molecule has 1 fully saturated rings. The molecule has 0 aliphatic carbocycles. The summed E-state index contributed by atoms with van der Waals surface area (Å²) in [6.45, 7) is 1.71. The first-order valence-electron chi connectivity index (χ1n) is 10.8. The van der Waals surface area contributed by atoms with Crippen molar-refractivity contribution in [3.63, 3.8) is 0 Å². The van der Waals surface area contributed by atoms with E-state index in [1.807, 2.05) is 0 Å². The third kappa shape index (κ3) is 6.79. The van der Waals surface area contributed by atoms with Crippen LogP contribution in [0, 0.1) is 5.41 Å². The van der Waals surface area contributed by atoms with Crippen molar-refractivity contribution in [2.75, 3.05) is 6.54 Å². The zero-order valence-corrected chi connectivity index (χ0v) is 18.9. The standard InChI is InChI=1S/C23H26F2N6O4/c1-13(21(32)29-11-14-2-4-16(5-3-14)20(26)27)30-22(33)18-10-17(15-6-8-28-9-7-15)12-31(18)35-23(34)19(24)25/h2-9,13,17-19H,10-12H2,1H3,(H3,26,27)(H,29,32)(H,30,33)/t13-,17+,18+/m0/s1. The summed E-state index contributed by atoms with van der Waals surface area (Å²) >= 11 is 0. The molecule has 0 unspecified atom stereocenters. The van der Waals surface area contributed by atoms with Crippen LogP contribution in [0.2, 0.25) is 0 Å². The van der Waals surface area contributed by atoms with E-state index in [4.69, 9.17) is 16.0 Å². The van der Waals surface area contributed by atoms with E-state index in [1.165, 1.54) is 6.92 Å². The fraction of sp³-hybridized carbons (Fsp3) is 0.348. The normalized spacial score (nSPS) is 18.6. The third-order valence-corrected chi connectivity index (χ3v) is 5.61. The molecule has 2 amide bonds. The summed E-state index contributed by atoms with van der Waals surface area (Å²) in [7, 11) is 0. The first-order valence-corrected chi connectivity index (χ1v) is 10.8. The summed E-state index contributed by atoms with van der Waals surface area (Å²) in [6, 6.07) is 8.22. The lowest BCUT2D eigenvalue weighted by atomic mass is 9.97. The highest BCUT2D eigenvalue weighted by Gasteiger charge is 2.41. The Bertz CT molecular complexity index is 1070. The maximum atomic E-state index is 12.9. The van der Waals surface area contributed by atoms with Crippen molar-refractivity contribution in [3.05, 3.63) is 65.5 Å². The van der Waals surface area contributed by atoms with Crippen LogP contribution < -0.4 is 16.4 Å². The van der Waals surface area contributed by atoms with Crippen LogP contribution in [0.5, 0.6) is 0 Å². The van der Waals surface area contributed by atoms with Gasteiger partial charge >= 0.3 is 12.4 Å². The minimum Gasteiger partial charge on any atom is -0.384 e. The second-order valence-electron chi connectivity index (χ2n) is 8.10. The molecule has 0 bridgehead atoms. The summed E-state index contributed by atoms with van der Waals surface area (Å²) in [5.41, 5.74) is 7.56. The molecule has 3 rings (SSSR count). The Labute approximate surface area is 200 Å². The number of amidine groups is 1. The van der Waals surface area contributed by atoms with Crippen LogP contribution in [0.4, 0.5) is 8.78 Å². The average Bonchev–Trinajstić information content (AvgIpc) is 3.27. The first kappa shape index (κ1) is 25.7. The molecule has 1 aliphatic heterocycles. The van der Waals surface area contributed by atoms with Gasteiger partial charge in [0.25, 0.3) is 0 Å². The van der Waals surface area contributed by atoms with E-state index in [-0.39, 0.29) is 31.3 Å². The quantitative estimate of drug-likeness (QED) is 0.304. The van der Waals surface area contributed by atoms with Gasteiger partial charge in [0, 0.05) is 37.0 Å². The van der Waals surface area contributed by atoms with E-state index < -0.39 is 36.3 Å². The van der Waals surface area contributed by atoms with Gasteiger partial charge in [-0.2, -0.15) is 8.78 Å². The number of benzene rings is 1. The largest absolute Gasteiger partial charge is 0.392 e. The predicted molar refractivity (Wildman–Crippen MR) is 121 cm³/mol. The molecular formula is C23H26F2N6O4. The van der Waals surface area contributed by atoms with Gasteiger partial charge in [0.1, 0.15) is 17.9 Å². The van der Waals surface area contributed by atoms with E-state index in [0.29, 0.717) is 5.56 Å². The number of carbonyl (C=O) groups excluding carboxylic acids is 3. The second kappa shape index (κ2) is 11.5. The fourth-order valence-electron chi connectivity index (χ4n) is 3.70. The highest BCUT2D eigenvalue weighted by atomic mass is 19.3. The Kier molecular flexibility index (Phi) is 8.42. The molecule has 1 aromatic carbocycles. The number of nitrogen functional groups attached to an aromatic ring is 1. The van der Waals surface area contributed by atoms with Gasteiger partial charge < -0.3 is 21.2 Å². The lowest BCUT2D eigenvalue weighted by molar-refractivity contribution is -0.207. The Morgan fingerprint density at radius 3 is 2.46 bits per heavy atom. The Balaban J connectivity index is 1.60. The van der Waals surface area contributed by atoms with E-state index >= 15 is 0 Å². The highest BCUT2D eigenvalue weighted by molar-refractivity contribution is 5.95. The molecule has 0 radical (unpaired) electrons. The number of carbonyl (C=O) groups is 3. The molecule has 0 saturated carbocycles. The number of amides is 2. The van der Waals surface area contributed by atoms with Gasteiger partial charge in [-0.05, 0) is 36.6 Å². The number of rotatable bonds is 9. The minimum atomic E-state index is -3.34. The molecule has 12 heteroatoms. The molecule has 1 aromatic heterocycles. The van der Waals surface area contributed by atoms with Crippen LogP contribution in [0.25, 0.3) is 0 Å². The number of aromatic nitrogens is 1. The van der Waals surface area contributed by atoms with Crippen molar-refractivity contribution in [2.45, 2.75) is 44.3 Å². The topological polar surface area (TPSA) is 150 Å². The van der Waals surface area contributed by atoms with Gasteiger partial charge in [0.15, 0.2) is 0 Å². The van der Waals surface area contributed by atoms with Crippen LogP contribution >= 0.6 is 0 Å². The molecule has 10 nitrogen and oxygen atoms in total. The number of hydrogen-bond acceptors (Lipinski definition) is 7. The zero-order chi connectivity index (χ0) is 25.5. The van der Waals surface area contributed by atoms with Crippen LogP contribution in [0.15, 0.2) is 48.8 Å². The lowest BCUT2D eigenvalue weighted by Crippen LogP contribution is -2.51. The number of nitrogens with one attached hydrogen (secondary N) is 3. The molecule has 1 saturated heterocycles. The fourth-order valence-corrected chi connectivity index (χ4v) is 3.70. The Morgan fingerprint density at radius 2 is 1.86 bits per heavy atom. The van der Waals surface area contributed by atoms with Crippen LogP contribution in [-0.2, 0) is 25.8 Å². The number of nitrogens with zero attached hydrogens (tertiary/aromatic N) is 2. The van der Waals surface area contributed by atoms with Crippen molar-refractivity contribution in [3.8, 4) is 0 Å². The van der Waals surface area contributed by atoms with E-state index in [0.717, 1.165) is 16.2 Å². The summed E-state index contributed by atoms with van der Waals surface area (Å²) < 4.78 is 25.5. The maximum Gasteiger partial charge on any atom is 0.392 e. The maximum absolute atomic E-state index is 12.9. The van der Waals surface area contributed by atoms with Gasteiger partial charge in [-0.3, -0.25) is 20.0 Å².